The molecule has 6 heteroatoms. The molecule has 0 aromatic rings. The van der Waals surface area contributed by atoms with Crippen LogP contribution < -0.4 is 0 Å². The van der Waals surface area contributed by atoms with Gasteiger partial charge in [0.2, 0.25) is 0 Å². The van der Waals surface area contributed by atoms with Crippen LogP contribution in [0.3, 0.4) is 0 Å². The molecule has 6 nitrogen and oxygen atoms in total. The van der Waals surface area contributed by atoms with Crippen LogP contribution in [0.5, 0.6) is 0 Å². The number of hydrogen-bond acceptors (Lipinski definition) is 6. The van der Waals surface area contributed by atoms with Gasteiger partial charge < -0.3 is 14.2 Å². The molecule has 0 aliphatic heterocycles. The molecule has 0 aliphatic carbocycles. The van der Waals surface area contributed by atoms with E-state index in [1.807, 2.05) is 0 Å². The Hall–Kier alpha value is -4.45. The normalized spacial score (nSPS) is 13.2. The van der Waals surface area contributed by atoms with E-state index in [2.05, 4.69) is 154 Å². The molecule has 0 unspecified atom stereocenters. The molecular formula is C61H96O6. The molecule has 0 aromatic heterocycles. The highest BCUT2D eigenvalue weighted by molar-refractivity contribution is 5.71. The molecule has 0 bridgehead atoms. The molecule has 0 aromatic carbocycles. The largest absolute Gasteiger partial charge is 0.462 e. The summed E-state index contributed by atoms with van der Waals surface area (Å²) in [5.41, 5.74) is 0. The SMILES string of the molecule is CC/C=C\C/C=C\C/C=C\C/C=C\CCCCCCC(=O)OC[C@H](COC(=O)CCCC/C=C\C/C=C\C/C=C\C/C=C\CC)OC(=O)CCCCCC/C=C\C/C=C\C/C=C\CCCCC. The highest BCUT2D eigenvalue weighted by Gasteiger charge is 2.19. The molecule has 0 spiro atoms. The van der Waals surface area contributed by atoms with Gasteiger partial charge in [-0.3, -0.25) is 14.4 Å². The summed E-state index contributed by atoms with van der Waals surface area (Å²) in [6.07, 6.45) is 75.8. The zero-order valence-electron chi connectivity index (χ0n) is 42.9. The van der Waals surface area contributed by atoms with Gasteiger partial charge in [0.25, 0.3) is 0 Å². The molecule has 376 valence electrons. The van der Waals surface area contributed by atoms with Crippen molar-refractivity contribution in [3.05, 3.63) is 134 Å². The number of carbonyl (C=O) groups is 3. The Balaban J connectivity index is 4.57. The van der Waals surface area contributed by atoms with Crippen LogP contribution in [-0.4, -0.2) is 37.2 Å². The standard InChI is InChI=1S/C61H96O6/c1-4-7-10-13-16-19-22-25-28-30-33-36-39-42-45-48-51-54-60(63)66-57-58(56-65-59(62)53-50-47-44-41-38-35-32-27-24-21-18-15-12-9-6-3)67-61(64)55-52-49-46-43-40-37-34-31-29-26-23-20-17-14-11-8-5-2/h7,9-10,12,16-21,25-29,32-34,36-38,41,58H,4-6,8,11,13-15,22-24,30-31,35,39-40,42-57H2,1-3H3/b10-7-,12-9-,19-16-,20-17-,21-18-,28-25-,29-26-,32-27-,36-33-,37-34-,41-38-/t58-/m0/s1. The summed E-state index contributed by atoms with van der Waals surface area (Å²) in [7, 11) is 0. The van der Waals surface area contributed by atoms with Crippen molar-refractivity contribution in [3.63, 3.8) is 0 Å². The number of esters is 3. The fourth-order valence-electron chi connectivity index (χ4n) is 6.66. The second kappa shape index (κ2) is 54.2. The van der Waals surface area contributed by atoms with E-state index in [-0.39, 0.29) is 37.5 Å². The first kappa shape index (κ1) is 62.5. The second-order valence-corrected chi connectivity index (χ2v) is 17.0. The number of unbranched alkanes of at least 4 members (excludes halogenated alkanes) is 13. The van der Waals surface area contributed by atoms with E-state index in [1.54, 1.807) is 0 Å². The number of carbonyl (C=O) groups excluding carboxylic acids is 3. The Labute approximate surface area is 411 Å². The summed E-state index contributed by atoms with van der Waals surface area (Å²) < 4.78 is 16.8. The molecule has 0 fully saturated rings. The molecular weight excluding hydrogens is 829 g/mol. The lowest BCUT2D eigenvalue weighted by molar-refractivity contribution is -0.167. The summed E-state index contributed by atoms with van der Waals surface area (Å²) in [4.78, 5) is 38.1. The van der Waals surface area contributed by atoms with Crippen LogP contribution in [-0.2, 0) is 28.6 Å². The van der Waals surface area contributed by atoms with Gasteiger partial charge in [-0.2, -0.15) is 0 Å². The van der Waals surface area contributed by atoms with Crippen LogP contribution in [0.15, 0.2) is 134 Å². The zero-order valence-corrected chi connectivity index (χ0v) is 42.9. The van der Waals surface area contributed by atoms with Crippen molar-refractivity contribution < 1.29 is 28.6 Å². The average molecular weight is 925 g/mol. The predicted octanol–water partition coefficient (Wildman–Crippen LogP) is 17.9. The predicted molar refractivity (Wildman–Crippen MR) is 288 cm³/mol. The first-order valence-corrected chi connectivity index (χ1v) is 26.7. The van der Waals surface area contributed by atoms with Gasteiger partial charge in [0.05, 0.1) is 0 Å². The van der Waals surface area contributed by atoms with Gasteiger partial charge in [-0.05, 0) is 135 Å². The lowest BCUT2D eigenvalue weighted by Gasteiger charge is -2.18. The summed E-state index contributed by atoms with van der Waals surface area (Å²) in [6.45, 7) is 6.29. The van der Waals surface area contributed by atoms with Crippen LogP contribution in [0.1, 0.15) is 213 Å². The van der Waals surface area contributed by atoms with E-state index in [9.17, 15) is 14.4 Å². The fraction of sp³-hybridized carbons (Fsp3) is 0.590. The van der Waals surface area contributed by atoms with Crippen LogP contribution in [0.4, 0.5) is 0 Å². The van der Waals surface area contributed by atoms with Crippen LogP contribution in [0.25, 0.3) is 0 Å². The molecule has 0 saturated carbocycles. The van der Waals surface area contributed by atoms with Gasteiger partial charge in [-0.25, -0.2) is 0 Å². The highest BCUT2D eigenvalue weighted by atomic mass is 16.6. The van der Waals surface area contributed by atoms with E-state index in [0.717, 1.165) is 141 Å². The van der Waals surface area contributed by atoms with Crippen molar-refractivity contribution in [2.45, 2.75) is 219 Å². The van der Waals surface area contributed by atoms with E-state index >= 15 is 0 Å². The summed E-state index contributed by atoms with van der Waals surface area (Å²) in [6, 6.07) is 0. The van der Waals surface area contributed by atoms with Crippen molar-refractivity contribution in [1.29, 1.82) is 0 Å². The van der Waals surface area contributed by atoms with Gasteiger partial charge in [0, 0.05) is 19.3 Å². The minimum absolute atomic E-state index is 0.118. The number of ether oxygens (including phenoxy) is 3. The van der Waals surface area contributed by atoms with Gasteiger partial charge >= 0.3 is 17.9 Å². The van der Waals surface area contributed by atoms with Gasteiger partial charge in [0.15, 0.2) is 6.10 Å². The van der Waals surface area contributed by atoms with E-state index in [0.29, 0.717) is 19.3 Å². The Morgan fingerprint density at radius 3 is 0.925 bits per heavy atom. The Morgan fingerprint density at radius 1 is 0.313 bits per heavy atom. The van der Waals surface area contributed by atoms with Crippen molar-refractivity contribution in [2.24, 2.45) is 0 Å². The third kappa shape index (κ3) is 52.4. The second-order valence-electron chi connectivity index (χ2n) is 17.0. The van der Waals surface area contributed by atoms with E-state index < -0.39 is 6.10 Å². The summed E-state index contributed by atoms with van der Waals surface area (Å²) >= 11 is 0. The van der Waals surface area contributed by atoms with Gasteiger partial charge in [-0.15, -0.1) is 0 Å². The smallest absolute Gasteiger partial charge is 0.306 e. The van der Waals surface area contributed by atoms with Crippen molar-refractivity contribution in [3.8, 4) is 0 Å². The molecule has 0 heterocycles. The zero-order chi connectivity index (χ0) is 48.6. The fourth-order valence-corrected chi connectivity index (χ4v) is 6.66. The molecule has 67 heavy (non-hydrogen) atoms. The van der Waals surface area contributed by atoms with Crippen molar-refractivity contribution in [2.75, 3.05) is 13.2 Å². The number of rotatable bonds is 46. The van der Waals surface area contributed by atoms with Crippen LogP contribution >= 0.6 is 0 Å². The molecule has 0 saturated heterocycles. The first-order valence-electron chi connectivity index (χ1n) is 26.7. The van der Waals surface area contributed by atoms with Crippen LogP contribution in [0, 0.1) is 0 Å². The number of hydrogen-bond donors (Lipinski definition) is 0. The summed E-state index contributed by atoms with van der Waals surface area (Å²) in [5, 5.41) is 0. The molecule has 0 N–H and O–H groups in total. The van der Waals surface area contributed by atoms with Gasteiger partial charge in [-0.1, -0.05) is 193 Å². The Bertz CT molecular complexity index is 1480. The van der Waals surface area contributed by atoms with Crippen molar-refractivity contribution >= 4 is 17.9 Å². The monoisotopic (exact) mass is 925 g/mol. The molecule has 0 radical (unpaired) electrons. The lowest BCUT2D eigenvalue weighted by Crippen LogP contribution is -2.30. The molecule has 0 aliphatic rings. The minimum Gasteiger partial charge on any atom is -0.462 e. The molecule has 1 atom stereocenters. The number of allylic oxidation sites excluding steroid dienone is 22. The third-order valence-electron chi connectivity index (χ3n) is 10.6. The molecule has 0 amide bonds. The highest BCUT2D eigenvalue weighted by Crippen LogP contribution is 2.12. The maximum absolute atomic E-state index is 12.8. The Kier molecular flexibility index (Phi) is 50.6. The maximum Gasteiger partial charge on any atom is 0.306 e. The first-order chi connectivity index (χ1) is 33.0. The lowest BCUT2D eigenvalue weighted by atomic mass is 10.1. The van der Waals surface area contributed by atoms with E-state index in [1.165, 1.54) is 25.7 Å². The topological polar surface area (TPSA) is 78.9 Å². The maximum atomic E-state index is 12.8. The van der Waals surface area contributed by atoms with Crippen LogP contribution in [0.2, 0.25) is 0 Å². The quantitative estimate of drug-likeness (QED) is 0.0262. The molecule has 0 rings (SSSR count). The van der Waals surface area contributed by atoms with E-state index in [4.69, 9.17) is 14.2 Å². The average Bonchev–Trinajstić information content (AvgIpc) is 3.33. The van der Waals surface area contributed by atoms with Crippen molar-refractivity contribution in [1.82, 2.24) is 0 Å². The minimum atomic E-state index is -0.822. The van der Waals surface area contributed by atoms with Gasteiger partial charge in [0.1, 0.15) is 13.2 Å². The Morgan fingerprint density at radius 2 is 0.582 bits per heavy atom. The summed E-state index contributed by atoms with van der Waals surface area (Å²) in [5.74, 6) is -1.01. The third-order valence-corrected chi connectivity index (χ3v) is 10.6.